The number of hydrogen-bond acceptors (Lipinski definition) is 4. The number of unbranched alkanes of at least 4 members (excludes halogenated alkanes) is 2. The van der Waals surface area contributed by atoms with Gasteiger partial charge in [0.1, 0.15) is 18.2 Å². The van der Waals surface area contributed by atoms with Crippen molar-refractivity contribution in [1.29, 1.82) is 0 Å². The Bertz CT molecular complexity index is 821. The van der Waals surface area contributed by atoms with E-state index in [9.17, 15) is 14.4 Å². The van der Waals surface area contributed by atoms with Crippen LogP contribution in [0, 0.1) is 12.3 Å². The lowest BCUT2D eigenvalue weighted by atomic mass is 10.00. The third-order valence-electron chi connectivity index (χ3n) is 5.14. The molecule has 33 heavy (non-hydrogen) atoms. The van der Waals surface area contributed by atoms with Crippen LogP contribution in [0.3, 0.4) is 0 Å². The number of nitrogens with zero attached hydrogens (tertiary/aromatic N) is 1. The van der Waals surface area contributed by atoms with Gasteiger partial charge in [0.2, 0.25) is 11.8 Å². The highest BCUT2D eigenvalue weighted by molar-refractivity contribution is 5.90. The van der Waals surface area contributed by atoms with Crippen molar-refractivity contribution < 1.29 is 19.1 Å². The number of nitrogens with one attached hydrogen (secondary N) is 2. The van der Waals surface area contributed by atoms with E-state index < -0.39 is 17.7 Å². The summed E-state index contributed by atoms with van der Waals surface area (Å²) in [5.41, 5.74) is 0.671. The quantitative estimate of drug-likeness (QED) is 0.386. The van der Waals surface area contributed by atoms with E-state index in [0.29, 0.717) is 24.1 Å². The minimum atomic E-state index is -0.846. The Morgan fingerprint density at radius 1 is 1.09 bits per heavy atom. The van der Waals surface area contributed by atoms with E-state index in [1.165, 1.54) is 4.90 Å². The second kappa shape index (κ2) is 13.5. The molecule has 2 N–H and O–H groups in total. The summed E-state index contributed by atoms with van der Waals surface area (Å²) in [7, 11) is 0. The summed E-state index contributed by atoms with van der Waals surface area (Å²) >= 11 is 0. The van der Waals surface area contributed by atoms with Gasteiger partial charge < -0.3 is 20.3 Å². The summed E-state index contributed by atoms with van der Waals surface area (Å²) in [4.78, 5) is 40.2. The Hall–Kier alpha value is -3.01. The molecule has 182 valence electrons. The van der Waals surface area contributed by atoms with E-state index in [1.54, 1.807) is 45.0 Å². The number of terminal acetylenes is 1. The Morgan fingerprint density at radius 2 is 1.73 bits per heavy atom. The Morgan fingerprint density at radius 3 is 2.24 bits per heavy atom. The fourth-order valence-corrected chi connectivity index (χ4v) is 3.28. The number of hydrogen-bond donors (Lipinski definition) is 2. The molecule has 3 amide bonds. The molecule has 0 aliphatic carbocycles. The topological polar surface area (TPSA) is 87.7 Å². The van der Waals surface area contributed by atoms with Crippen molar-refractivity contribution in [1.82, 2.24) is 15.5 Å². The normalized spacial score (nSPS) is 12.8. The van der Waals surface area contributed by atoms with E-state index in [4.69, 9.17) is 11.2 Å². The summed E-state index contributed by atoms with van der Waals surface area (Å²) in [5, 5.41) is 5.48. The molecular weight excluding hydrogens is 418 g/mol. The first-order valence-electron chi connectivity index (χ1n) is 11.7. The lowest BCUT2D eigenvalue weighted by molar-refractivity contribution is -0.142. The highest BCUT2D eigenvalue weighted by Crippen LogP contribution is 2.25. The molecule has 2 atom stereocenters. The molecule has 7 heteroatoms. The van der Waals surface area contributed by atoms with Gasteiger partial charge in [0.05, 0.1) is 0 Å². The van der Waals surface area contributed by atoms with E-state index in [-0.39, 0.29) is 24.4 Å². The van der Waals surface area contributed by atoms with Crippen molar-refractivity contribution in [3.05, 3.63) is 35.4 Å². The number of carbonyl (C=O) groups is 3. The van der Waals surface area contributed by atoms with Crippen LogP contribution in [0.2, 0.25) is 0 Å². The van der Waals surface area contributed by atoms with E-state index in [2.05, 4.69) is 23.5 Å². The first-order chi connectivity index (χ1) is 15.5. The number of benzene rings is 1. The molecule has 1 aromatic rings. The van der Waals surface area contributed by atoms with Gasteiger partial charge in [-0.15, -0.1) is 6.42 Å². The summed E-state index contributed by atoms with van der Waals surface area (Å²) < 4.78 is 5.23. The minimum absolute atomic E-state index is 0.239. The van der Waals surface area contributed by atoms with Crippen molar-refractivity contribution in [2.45, 2.75) is 84.9 Å². The van der Waals surface area contributed by atoms with Gasteiger partial charge in [0.15, 0.2) is 0 Å². The maximum Gasteiger partial charge on any atom is 0.408 e. The van der Waals surface area contributed by atoms with E-state index in [0.717, 1.165) is 19.3 Å². The molecule has 0 aromatic heterocycles. The zero-order chi connectivity index (χ0) is 25.0. The Labute approximate surface area is 198 Å². The lowest BCUT2D eigenvalue weighted by Gasteiger charge is -2.36. The highest BCUT2D eigenvalue weighted by atomic mass is 16.6. The van der Waals surface area contributed by atoms with Crippen molar-refractivity contribution in [2.24, 2.45) is 0 Å². The monoisotopic (exact) mass is 457 g/mol. The predicted molar refractivity (Wildman–Crippen MR) is 130 cm³/mol. The number of rotatable bonds is 11. The van der Waals surface area contributed by atoms with Crippen LogP contribution in [0.15, 0.2) is 24.3 Å². The minimum Gasteiger partial charge on any atom is -0.444 e. The lowest BCUT2D eigenvalue weighted by Crippen LogP contribution is -2.51. The van der Waals surface area contributed by atoms with Crippen molar-refractivity contribution in [2.75, 3.05) is 13.1 Å². The van der Waals surface area contributed by atoms with Crippen LogP contribution in [0.1, 0.15) is 84.4 Å². The molecule has 1 rings (SSSR count). The Balaban J connectivity index is 3.19. The molecule has 0 aliphatic heterocycles. The second-order valence-electron chi connectivity index (χ2n) is 9.08. The summed E-state index contributed by atoms with van der Waals surface area (Å²) in [6.45, 7) is 11.4. The van der Waals surface area contributed by atoms with Gasteiger partial charge in [-0.25, -0.2) is 4.79 Å². The van der Waals surface area contributed by atoms with Gasteiger partial charge in [0.25, 0.3) is 0 Å². The van der Waals surface area contributed by atoms with Gasteiger partial charge in [-0.2, -0.15) is 0 Å². The summed E-state index contributed by atoms with van der Waals surface area (Å²) in [6, 6.07) is 5.97. The third-order valence-corrected chi connectivity index (χ3v) is 5.14. The fourth-order valence-electron chi connectivity index (χ4n) is 3.28. The van der Waals surface area contributed by atoms with Gasteiger partial charge in [-0.1, -0.05) is 44.7 Å². The molecular formula is C26H39N3O4. The van der Waals surface area contributed by atoms with Gasteiger partial charge in [0, 0.05) is 18.2 Å². The summed E-state index contributed by atoms with van der Waals surface area (Å²) in [6.07, 6.45) is 8.35. The second-order valence-corrected chi connectivity index (χ2v) is 9.08. The van der Waals surface area contributed by atoms with E-state index >= 15 is 0 Å². The molecule has 1 aromatic carbocycles. The zero-order valence-corrected chi connectivity index (χ0v) is 20.9. The molecule has 0 saturated carbocycles. The SMILES string of the molecule is C#Cc1ccc(C(C(=O)NCCCCC)N(C(=O)CNC(=O)OC(C)(C)C)C(C)CC)cc1. The van der Waals surface area contributed by atoms with Crippen molar-refractivity contribution >= 4 is 17.9 Å². The average Bonchev–Trinajstić information content (AvgIpc) is 2.77. The van der Waals surface area contributed by atoms with Crippen molar-refractivity contribution in [3.8, 4) is 12.3 Å². The highest BCUT2D eigenvalue weighted by Gasteiger charge is 2.34. The maximum absolute atomic E-state index is 13.3. The fraction of sp³-hybridized carbons (Fsp3) is 0.577. The first kappa shape index (κ1) is 28.0. The first-order valence-corrected chi connectivity index (χ1v) is 11.7. The molecule has 2 unspecified atom stereocenters. The molecule has 0 aliphatic rings. The molecule has 0 bridgehead atoms. The van der Waals surface area contributed by atoms with Crippen LogP contribution in [0.5, 0.6) is 0 Å². The molecule has 0 heterocycles. The standard InChI is InChI=1S/C26H39N3O4/c1-8-11-12-17-27-24(31)23(21-15-13-20(10-3)14-16-21)29(19(4)9-2)22(30)18-28-25(32)33-26(5,6)7/h3,13-16,19,23H,8-9,11-12,17-18H2,1-2,4-7H3,(H,27,31)(H,28,32). The van der Waals surface area contributed by atoms with Gasteiger partial charge in [-0.05, 0) is 58.2 Å². The number of alkyl carbamates (subject to hydrolysis) is 1. The van der Waals surface area contributed by atoms with Crippen LogP contribution < -0.4 is 10.6 Å². The molecule has 0 saturated heterocycles. The zero-order valence-electron chi connectivity index (χ0n) is 20.9. The number of carbonyl (C=O) groups excluding carboxylic acids is 3. The molecule has 0 radical (unpaired) electrons. The summed E-state index contributed by atoms with van der Waals surface area (Å²) in [5.74, 6) is 1.94. The predicted octanol–water partition coefficient (Wildman–Crippen LogP) is 4.17. The van der Waals surface area contributed by atoms with Gasteiger partial charge >= 0.3 is 6.09 Å². The van der Waals surface area contributed by atoms with Gasteiger partial charge in [-0.3, -0.25) is 9.59 Å². The molecule has 7 nitrogen and oxygen atoms in total. The van der Waals surface area contributed by atoms with Crippen LogP contribution in [0.25, 0.3) is 0 Å². The van der Waals surface area contributed by atoms with Crippen LogP contribution in [0.4, 0.5) is 4.79 Å². The molecule has 0 fully saturated rings. The van der Waals surface area contributed by atoms with Crippen LogP contribution in [-0.4, -0.2) is 47.5 Å². The maximum atomic E-state index is 13.3. The molecule has 0 spiro atoms. The van der Waals surface area contributed by atoms with E-state index in [1.807, 2.05) is 13.8 Å². The van der Waals surface area contributed by atoms with Crippen molar-refractivity contribution in [3.63, 3.8) is 0 Å². The van der Waals surface area contributed by atoms with Crippen LogP contribution in [-0.2, 0) is 14.3 Å². The third kappa shape index (κ3) is 9.56. The largest absolute Gasteiger partial charge is 0.444 e. The van der Waals surface area contributed by atoms with Crippen LogP contribution >= 0.6 is 0 Å². The smallest absolute Gasteiger partial charge is 0.408 e. The Kier molecular flexibility index (Phi) is 11.5. The average molecular weight is 458 g/mol. The number of ether oxygens (including phenoxy) is 1. The number of amides is 3.